The molecule has 0 N–H and O–H groups in total. The second kappa shape index (κ2) is 8.03. The highest BCUT2D eigenvalue weighted by Gasteiger charge is 2.22. The van der Waals surface area contributed by atoms with E-state index in [9.17, 15) is 12.3 Å². The molecule has 1 aliphatic heterocycles. The molecule has 0 atom stereocenters. The molecule has 104 valence electrons. The Balaban J connectivity index is 0.00000121. The lowest BCUT2D eigenvalue weighted by Crippen LogP contribution is -2.37. The minimum absolute atomic E-state index is 0.337. The van der Waals surface area contributed by atoms with Crippen LogP contribution in [0.15, 0.2) is 0 Å². The van der Waals surface area contributed by atoms with Crippen LogP contribution in [-0.4, -0.2) is 38.7 Å². The molecule has 5 heteroatoms. The van der Waals surface area contributed by atoms with Gasteiger partial charge in [0.15, 0.2) is 0 Å². The number of hydrogen-bond donors (Lipinski definition) is 0. The Morgan fingerprint density at radius 2 is 1.71 bits per heavy atom. The summed E-state index contributed by atoms with van der Waals surface area (Å²) in [6.07, 6.45) is 2.20. The Morgan fingerprint density at radius 1 is 1.24 bits per heavy atom. The highest BCUT2D eigenvalue weighted by molar-refractivity contribution is 7.86. The summed E-state index contributed by atoms with van der Waals surface area (Å²) < 4.78 is 33.0. The van der Waals surface area contributed by atoms with Crippen molar-refractivity contribution >= 4 is 10.2 Å². The normalized spacial score (nSPS) is 18.9. The molecule has 1 heterocycles. The smallest absolute Gasteiger partial charge is 0.302 e. The van der Waals surface area contributed by atoms with Crippen molar-refractivity contribution < 1.29 is 12.3 Å². The van der Waals surface area contributed by atoms with E-state index < -0.39 is 10.2 Å². The van der Waals surface area contributed by atoms with Gasteiger partial charge >= 0.3 is 10.2 Å². The number of nitrogens with zero attached hydrogens (tertiary/aromatic N) is 1. The van der Waals surface area contributed by atoms with E-state index in [1.807, 2.05) is 18.7 Å². The van der Waals surface area contributed by atoms with Crippen LogP contribution in [0.1, 0.15) is 40.5 Å². The number of piperidine rings is 1. The topological polar surface area (TPSA) is 37.4 Å². The average molecular weight is 267 g/mol. The van der Waals surface area contributed by atoms with E-state index in [-0.39, 0.29) is 5.75 Å². The van der Waals surface area contributed by atoms with Gasteiger partial charge in [-0.1, -0.05) is 27.7 Å². The minimum atomic E-state index is -4.30. The van der Waals surface area contributed by atoms with E-state index in [0.717, 1.165) is 31.8 Å². The van der Waals surface area contributed by atoms with Gasteiger partial charge in [0.25, 0.3) is 0 Å². The Hall–Kier alpha value is -0.160. The van der Waals surface area contributed by atoms with Gasteiger partial charge in [0.05, 0.1) is 5.75 Å². The molecule has 0 bridgehead atoms. The SMILES string of the molecule is CC.CC(C)C1CCN(CCS(=O)(=O)F)CC1. The van der Waals surface area contributed by atoms with Crippen molar-refractivity contribution in [3.05, 3.63) is 0 Å². The van der Waals surface area contributed by atoms with Gasteiger partial charge in [-0.3, -0.25) is 0 Å². The van der Waals surface area contributed by atoms with Crippen molar-refractivity contribution in [2.75, 3.05) is 25.4 Å². The van der Waals surface area contributed by atoms with Gasteiger partial charge in [-0.25, -0.2) is 0 Å². The van der Waals surface area contributed by atoms with Crippen LogP contribution in [0.3, 0.4) is 0 Å². The Morgan fingerprint density at radius 3 is 2.06 bits per heavy atom. The molecular formula is C12H26FNO2S. The minimum Gasteiger partial charge on any atom is -0.302 e. The highest BCUT2D eigenvalue weighted by Crippen LogP contribution is 2.24. The van der Waals surface area contributed by atoms with Crippen molar-refractivity contribution in [3.8, 4) is 0 Å². The Kier molecular flexibility index (Phi) is 7.96. The second-order valence-corrected chi connectivity index (χ2v) is 6.15. The van der Waals surface area contributed by atoms with Gasteiger partial charge in [-0.05, 0) is 37.8 Å². The predicted molar refractivity (Wildman–Crippen MR) is 70.2 cm³/mol. The van der Waals surface area contributed by atoms with Crippen LogP contribution >= 0.6 is 0 Å². The van der Waals surface area contributed by atoms with Gasteiger partial charge in [0.1, 0.15) is 0 Å². The van der Waals surface area contributed by atoms with E-state index >= 15 is 0 Å². The summed E-state index contributed by atoms with van der Waals surface area (Å²) in [5.41, 5.74) is 0. The van der Waals surface area contributed by atoms with Crippen LogP contribution in [0.4, 0.5) is 3.89 Å². The fourth-order valence-corrected chi connectivity index (χ4v) is 2.56. The van der Waals surface area contributed by atoms with E-state index in [1.54, 1.807) is 0 Å². The van der Waals surface area contributed by atoms with Crippen LogP contribution < -0.4 is 0 Å². The first-order valence-corrected chi connectivity index (χ1v) is 8.08. The van der Waals surface area contributed by atoms with Gasteiger partial charge in [-0.15, -0.1) is 3.89 Å². The lowest BCUT2D eigenvalue weighted by molar-refractivity contribution is 0.164. The van der Waals surface area contributed by atoms with Gasteiger partial charge in [0.2, 0.25) is 0 Å². The molecule has 17 heavy (non-hydrogen) atoms. The standard InChI is InChI=1S/C10H20FNO2S.C2H6/c1-9(2)10-3-5-12(6-4-10)7-8-15(11,13)14;1-2/h9-10H,3-8H2,1-2H3;1-2H3. The monoisotopic (exact) mass is 267 g/mol. The molecule has 0 aliphatic carbocycles. The number of halogens is 1. The highest BCUT2D eigenvalue weighted by atomic mass is 32.3. The molecule has 0 amide bonds. The Labute approximate surface area is 106 Å². The third kappa shape index (κ3) is 7.71. The van der Waals surface area contributed by atoms with E-state index in [4.69, 9.17) is 0 Å². The van der Waals surface area contributed by atoms with Gasteiger partial charge in [-0.2, -0.15) is 8.42 Å². The molecule has 0 aromatic carbocycles. The number of rotatable bonds is 4. The molecule has 0 unspecified atom stereocenters. The molecule has 1 rings (SSSR count). The maximum Gasteiger partial charge on any atom is 0.303 e. The van der Waals surface area contributed by atoms with Crippen LogP contribution in [0, 0.1) is 11.8 Å². The van der Waals surface area contributed by atoms with Crippen molar-refractivity contribution in [1.82, 2.24) is 4.90 Å². The van der Waals surface area contributed by atoms with E-state index in [1.165, 1.54) is 0 Å². The van der Waals surface area contributed by atoms with Crippen molar-refractivity contribution in [2.24, 2.45) is 11.8 Å². The summed E-state index contributed by atoms with van der Waals surface area (Å²) in [5, 5.41) is 0. The predicted octanol–water partition coefficient (Wildman–Crippen LogP) is 2.68. The van der Waals surface area contributed by atoms with Gasteiger partial charge in [0, 0.05) is 6.54 Å². The summed E-state index contributed by atoms with van der Waals surface area (Å²) in [5.74, 6) is 1.07. The van der Waals surface area contributed by atoms with Crippen molar-refractivity contribution in [1.29, 1.82) is 0 Å². The third-order valence-corrected chi connectivity index (χ3v) is 3.90. The lowest BCUT2D eigenvalue weighted by Gasteiger charge is -2.33. The molecule has 0 spiro atoms. The lowest BCUT2D eigenvalue weighted by atomic mass is 9.87. The first kappa shape index (κ1) is 16.8. The zero-order valence-corrected chi connectivity index (χ0v) is 12.3. The fourth-order valence-electron chi connectivity index (χ4n) is 2.08. The molecule has 1 fully saturated rings. The third-order valence-electron chi connectivity index (χ3n) is 3.23. The summed E-state index contributed by atoms with van der Waals surface area (Å²) in [4.78, 5) is 2.04. The van der Waals surface area contributed by atoms with Crippen LogP contribution in [0.5, 0.6) is 0 Å². The first-order valence-electron chi connectivity index (χ1n) is 6.53. The first-order chi connectivity index (χ1) is 7.88. The molecule has 3 nitrogen and oxygen atoms in total. The Bertz CT molecular complexity index is 283. The number of hydrogen-bond acceptors (Lipinski definition) is 3. The molecule has 0 aromatic rings. The molecule has 0 aromatic heterocycles. The summed E-state index contributed by atoms with van der Waals surface area (Å²) >= 11 is 0. The fraction of sp³-hybridized carbons (Fsp3) is 1.00. The molecule has 1 aliphatic rings. The summed E-state index contributed by atoms with van der Waals surface area (Å²) in [6, 6.07) is 0. The molecule has 0 radical (unpaired) electrons. The zero-order valence-electron chi connectivity index (χ0n) is 11.4. The van der Waals surface area contributed by atoms with Crippen LogP contribution in [0.2, 0.25) is 0 Å². The summed E-state index contributed by atoms with van der Waals surface area (Å²) in [6.45, 7) is 10.6. The second-order valence-electron chi connectivity index (χ2n) is 4.67. The van der Waals surface area contributed by atoms with E-state index in [0.29, 0.717) is 12.5 Å². The number of likely N-dealkylation sites (tertiary alicyclic amines) is 1. The maximum absolute atomic E-state index is 12.3. The van der Waals surface area contributed by atoms with Crippen molar-refractivity contribution in [3.63, 3.8) is 0 Å². The quantitative estimate of drug-likeness (QED) is 0.735. The zero-order chi connectivity index (χ0) is 13.5. The molecule has 0 saturated carbocycles. The van der Waals surface area contributed by atoms with Crippen molar-refractivity contribution in [2.45, 2.75) is 40.5 Å². The molecular weight excluding hydrogens is 241 g/mol. The van der Waals surface area contributed by atoms with Crippen LogP contribution in [0.25, 0.3) is 0 Å². The van der Waals surface area contributed by atoms with Gasteiger partial charge < -0.3 is 4.90 Å². The average Bonchev–Trinajstić information content (AvgIpc) is 2.29. The largest absolute Gasteiger partial charge is 0.303 e. The molecule has 1 saturated heterocycles. The van der Waals surface area contributed by atoms with E-state index in [2.05, 4.69) is 13.8 Å². The van der Waals surface area contributed by atoms with Crippen LogP contribution in [-0.2, 0) is 10.2 Å². The summed E-state index contributed by atoms with van der Waals surface area (Å²) in [7, 11) is -4.30. The maximum atomic E-state index is 12.3.